The smallest absolute Gasteiger partial charge is 0.407 e. The van der Waals surface area contributed by atoms with Gasteiger partial charge in [0, 0.05) is 23.9 Å². The quantitative estimate of drug-likeness (QED) is 0.125. The molecule has 0 unspecified atom stereocenters. The zero-order valence-corrected chi connectivity index (χ0v) is 34.0. The summed E-state index contributed by atoms with van der Waals surface area (Å²) in [6.07, 6.45) is 3.41. The van der Waals surface area contributed by atoms with Gasteiger partial charge >= 0.3 is 12.1 Å². The van der Waals surface area contributed by atoms with Gasteiger partial charge < -0.3 is 45.1 Å². The molecular weight excluding hydrogens is 733 g/mol. The summed E-state index contributed by atoms with van der Waals surface area (Å²) in [4.78, 5) is 80.5. The molecule has 2 aromatic rings. The molecule has 0 radical (unpaired) electrons. The third-order valence-electron chi connectivity index (χ3n) is 8.34. The molecule has 2 aromatic carbocycles. The average Bonchev–Trinajstić information content (AvgIpc) is 3.13. The lowest BCUT2D eigenvalue weighted by atomic mass is 10.1. The van der Waals surface area contributed by atoms with Crippen LogP contribution < -0.4 is 40.5 Å². The second kappa shape index (κ2) is 20.5. The van der Waals surface area contributed by atoms with Crippen LogP contribution in [0, 0.1) is 0 Å². The van der Waals surface area contributed by atoms with E-state index in [0.29, 0.717) is 34.2 Å². The lowest BCUT2D eigenvalue weighted by Crippen LogP contribution is -2.49. The Balaban J connectivity index is 1.97. The van der Waals surface area contributed by atoms with Crippen LogP contribution >= 0.6 is 11.8 Å². The molecule has 17 heteroatoms. The van der Waals surface area contributed by atoms with Crippen molar-refractivity contribution >= 4 is 64.5 Å². The number of alkyl carbamates (subject to hydrolysis) is 1. The highest BCUT2D eigenvalue weighted by atomic mass is 32.2. The Labute approximate surface area is 326 Å². The number of carbonyl (C=O) groups is 6. The number of anilines is 3. The number of esters is 1. The minimum absolute atomic E-state index is 0.0824. The molecule has 5 amide bonds. The molecule has 0 saturated carbocycles. The van der Waals surface area contributed by atoms with Gasteiger partial charge in [-0.1, -0.05) is 37.9 Å². The Morgan fingerprint density at radius 3 is 2.09 bits per heavy atom. The number of benzene rings is 2. The second-order valence-corrected chi connectivity index (χ2v) is 14.7. The SMILES string of the molecule is CCCCCCN1c2ccc(OC)c(CNC(=O)OC(C)(C)C)c2Sc2c1ccc(OC)c2N(CC(=O)NCC(=O)N[C@@H](C)C(=O)NCC(=O)OC)C(C)=O. The van der Waals surface area contributed by atoms with E-state index in [4.69, 9.17) is 14.2 Å². The van der Waals surface area contributed by atoms with E-state index in [1.807, 2.05) is 18.2 Å². The standard InChI is InChI=1S/C38H54N6O10S/c1-10-11-12-13-18-43-26-14-16-28(51-7)25(19-41-37(50)54-38(4,5)6)34(26)55-35-27(43)15-17-29(52-8)33(35)44(24(3)45)22-31(47)39-20-30(46)42-23(2)36(49)40-21-32(48)53-9/h14-17,23H,10-13,18-22H2,1-9H3,(H,39,47)(H,40,49)(H,41,50)(H,42,46)/t23-/m0/s1. The van der Waals surface area contributed by atoms with Gasteiger partial charge in [-0.05, 0) is 58.4 Å². The van der Waals surface area contributed by atoms with Crippen molar-refractivity contribution in [3.05, 3.63) is 29.8 Å². The van der Waals surface area contributed by atoms with Crippen LogP contribution in [-0.4, -0.2) is 94.8 Å². The fourth-order valence-electron chi connectivity index (χ4n) is 5.67. The van der Waals surface area contributed by atoms with Gasteiger partial charge in [-0.25, -0.2) is 4.79 Å². The first kappa shape index (κ1) is 44.2. The molecule has 0 bridgehead atoms. The van der Waals surface area contributed by atoms with E-state index in [1.165, 1.54) is 44.7 Å². The number of unbranched alkanes of at least 4 members (excludes halogenated alkanes) is 3. The molecule has 0 spiro atoms. The van der Waals surface area contributed by atoms with Crippen LogP contribution in [0.3, 0.4) is 0 Å². The van der Waals surface area contributed by atoms with Crippen LogP contribution in [0.1, 0.15) is 72.8 Å². The number of methoxy groups -OCH3 is 3. The number of hydrogen-bond acceptors (Lipinski definition) is 12. The molecule has 0 aromatic heterocycles. The third-order valence-corrected chi connectivity index (χ3v) is 9.61. The topological polar surface area (TPSA) is 194 Å². The molecule has 0 aliphatic carbocycles. The number of nitrogens with zero attached hydrogens (tertiary/aromatic N) is 2. The van der Waals surface area contributed by atoms with E-state index in [-0.39, 0.29) is 13.1 Å². The lowest BCUT2D eigenvalue weighted by Gasteiger charge is -2.37. The molecule has 302 valence electrons. The largest absolute Gasteiger partial charge is 0.496 e. The predicted molar refractivity (Wildman–Crippen MR) is 208 cm³/mol. The highest BCUT2D eigenvalue weighted by Gasteiger charge is 2.34. The zero-order valence-electron chi connectivity index (χ0n) is 33.1. The van der Waals surface area contributed by atoms with Gasteiger partial charge in [0.25, 0.3) is 0 Å². The lowest BCUT2D eigenvalue weighted by molar-refractivity contribution is -0.141. The number of rotatable bonds is 18. The van der Waals surface area contributed by atoms with Crippen molar-refractivity contribution in [1.82, 2.24) is 21.3 Å². The van der Waals surface area contributed by atoms with Gasteiger partial charge in [0.2, 0.25) is 23.6 Å². The summed E-state index contributed by atoms with van der Waals surface area (Å²) in [5.74, 6) is -2.15. The Morgan fingerprint density at radius 1 is 0.836 bits per heavy atom. The maximum atomic E-state index is 13.4. The van der Waals surface area contributed by atoms with E-state index >= 15 is 0 Å². The van der Waals surface area contributed by atoms with Crippen molar-refractivity contribution in [2.75, 3.05) is 57.3 Å². The molecule has 0 saturated heterocycles. The molecule has 1 atom stereocenters. The molecule has 3 rings (SSSR count). The Hall–Kier alpha value is -5.19. The highest BCUT2D eigenvalue weighted by Crippen LogP contribution is 2.56. The van der Waals surface area contributed by atoms with E-state index < -0.39 is 60.4 Å². The van der Waals surface area contributed by atoms with Gasteiger partial charge in [0.1, 0.15) is 41.9 Å². The van der Waals surface area contributed by atoms with Crippen molar-refractivity contribution in [2.45, 2.75) is 95.2 Å². The number of fused-ring (bicyclic) bond motifs is 2. The molecule has 1 aliphatic rings. The van der Waals surface area contributed by atoms with Crippen molar-refractivity contribution in [1.29, 1.82) is 0 Å². The molecule has 1 aliphatic heterocycles. The molecule has 16 nitrogen and oxygen atoms in total. The summed E-state index contributed by atoms with van der Waals surface area (Å²) in [6, 6.07) is 6.49. The normalized spacial score (nSPS) is 12.3. The first-order valence-electron chi connectivity index (χ1n) is 18.1. The number of hydrogen-bond donors (Lipinski definition) is 4. The second-order valence-electron chi connectivity index (χ2n) is 13.7. The van der Waals surface area contributed by atoms with Crippen molar-refractivity contribution < 1.29 is 47.7 Å². The highest BCUT2D eigenvalue weighted by molar-refractivity contribution is 8.00. The molecular formula is C38H54N6O10S. The van der Waals surface area contributed by atoms with Crippen LogP contribution in [0.4, 0.5) is 21.9 Å². The van der Waals surface area contributed by atoms with Gasteiger partial charge in [0.05, 0.1) is 50.7 Å². The monoisotopic (exact) mass is 786 g/mol. The number of ether oxygens (including phenoxy) is 4. The average molecular weight is 787 g/mol. The summed E-state index contributed by atoms with van der Waals surface area (Å²) in [6.45, 7) is 9.67. The fraction of sp³-hybridized carbons (Fsp3) is 0.526. The van der Waals surface area contributed by atoms with Gasteiger partial charge in [0.15, 0.2) is 0 Å². The molecule has 4 N–H and O–H groups in total. The van der Waals surface area contributed by atoms with Crippen LogP contribution in [0.2, 0.25) is 0 Å². The number of nitrogens with one attached hydrogen (secondary N) is 4. The van der Waals surface area contributed by atoms with Gasteiger partial charge in [-0.3, -0.25) is 28.9 Å². The molecule has 0 fully saturated rings. The van der Waals surface area contributed by atoms with Crippen molar-refractivity contribution in [3.63, 3.8) is 0 Å². The summed E-state index contributed by atoms with van der Waals surface area (Å²) in [5, 5.41) is 10.2. The minimum atomic E-state index is -1.00. The van der Waals surface area contributed by atoms with Crippen LogP contribution in [0.25, 0.3) is 0 Å². The summed E-state index contributed by atoms with van der Waals surface area (Å²) in [7, 11) is 4.20. The van der Waals surface area contributed by atoms with Crippen LogP contribution in [0.15, 0.2) is 34.1 Å². The minimum Gasteiger partial charge on any atom is -0.496 e. The van der Waals surface area contributed by atoms with Gasteiger partial charge in [-0.15, -0.1) is 0 Å². The molecule has 1 heterocycles. The Kier molecular flexibility index (Phi) is 16.5. The Morgan fingerprint density at radius 2 is 1.49 bits per heavy atom. The van der Waals surface area contributed by atoms with Gasteiger partial charge in [-0.2, -0.15) is 0 Å². The summed E-state index contributed by atoms with van der Waals surface area (Å²) >= 11 is 1.36. The van der Waals surface area contributed by atoms with E-state index in [1.54, 1.807) is 33.9 Å². The zero-order chi connectivity index (χ0) is 40.9. The third kappa shape index (κ3) is 12.4. The predicted octanol–water partition coefficient (Wildman–Crippen LogP) is 4.17. The van der Waals surface area contributed by atoms with Crippen molar-refractivity contribution in [3.8, 4) is 11.5 Å². The molecule has 55 heavy (non-hydrogen) atoms. The van der Waals surface area contributed by atoms with Crippen LogP contribution in [0.5, 0.6) is 11.5 Å². The number of carbonyl (C=O) groups excluding carboxylic acids is 6. The maximum Gasteiger partial charge on any atom is 0.407 e. The maximum absolute atomic E-state index is 13.4. The van der Waals surface area contributed by atoms with E-state index in [0.717, 1.165) is 42.0 Å². The Bertz CT molecular complexity index is 1730. The summed E-state index contributed by atoms with van der Waals surface area (Å²) in [5.41, 5.74) is 2.03. The number of amides is 5. The van der Waals surface area contributed by atoms with Crippen molar-refractivity contribution in [2.24, 2.45) is 0 Å². The van der Waals surface area contributed by atoms with E-state index in [9.17, 15) is 28.8 Å². The summed E-state index contributed by atoms with van der Waals surface area (Å²) < 4.78 is 21.5. The fourth-order valence-corrected chi connectivity index (χ4v) is 7.04. The first-order valence-corrected chi connectivity index (χ1v) is 18.9. The van der Waals surface area contributed by atoms with E-state index in [2.05, 4.69) is 37.8 Å². The van der Waals surface area contributed by atoms with Crippen LogP contribution in [-0.2, 0) is 40.0 Å². The first-order chi connectivity index (χ1) is 26.0.